The second-order valence-electron chi connectivity index (χ2n) is 3.24. The zero-order valence-corrected chi connectivity index (χ0v) is 10.5. The van der Waals surface area contributed by atoms with Crippen molar-refractivity contribution in [1.29, 1.82) is 0 Å². The van der Waals surface area contributed by atoms with Crippen molar-refractivity contribution in [3.05, 3.63) is 31.3 Å². The molecule has 0 radical (unpaired) electrons. The summed E-state index contributed by atoms with van der Waals surface area (Å²) in [5.41, 5.74) is 3.11. The molecule has 0 bridgehead atoms. The summed E-state index contributed by atoms with van der Waals surface area (Å²) < 4.78 is 2.59. The van der Waals surface area contributed by atoms with E-state index < -0.39 is 0 Å². The van der Waals surface area contributed by atoms with E-state index in [0.717, 1.165) is 0 Å². The highest BCUT2D eigenvalue weighted by molar-refractivity contribution is 14.1. The normalized spacial score (nSPS) is 15.8. The highest BCUT2D eigenvalue weighted by atomic mass is 127. The molecular formula is C10H10BrI. The molecule has 0 fully saturated rings. The van der Waals surface area contributed by atoms with Gasteiger partial charge in [0, 0.05) is 8.04 Å². The molecule has 0 unspecified atom stereocenters. The number of fused-ring (bicyclic) bond motifs is 1. The van der Waals surface area contributed by atoms with Crippen molar-refractivity contribution in [3.8, 4) is 0 Å². The maximum absolute atomic E-state index is 3.57. The highest BCUT2D eigenvalue weighted by Crippen LogP contribution is 2.28. The van der Waals surface area contributed by atoms with Crippen LogP contribution in [0.25, 0.3) is 0 Å². The maximum Gasteiger partial charge on any atom is 0.0311 e. The van der Waals surface area contributed by atoms with E-state index in [0.29, 0.717) is 0 Å². The van der Waals surface area contributed by atoms with E-state index in [1.54, 1.807) is 11.1 Å². The molecule has 1 aliphatic rings. The van der Waals surface area contributed by atoms with E-state index in [4.69, 9.17) is 0 Å². The number of halogens is 2. The molecule has 1 aromatic rings. The highest BCUT2D eigenvalue weighted by Gasteiger charge is 2.10. The first kappa shape index (κ1) is 9.00. The van der Waals surface area contributed by atoms with E-state index >= 15 is 0 Å². The van der Waals surface area contributed by atoms with Gasteiger partial charge in [0.05, 0.1) is 0 Å². The lowest BCUT2D eigenvalue weighted by atomic mass is 9.92. The van der Waals surface area contributed by atoms with Crippen LogP contribution in [0.1, 0.15) is 24.0 Å². The average Bonchev–Trinajstić information content (AvgIpc) is 2.07. The number of benzene rings is 1. The molecule has 0 saturated carbocycles. The van der Waals surface area contributed by atoms with E-state index in [-0.39, 0.29) is 0 Å². The lowest BCUT2D eigenvalue weighted by Gasteiger charge is -2.16. The van der Waals surface area contributed by atoms with Crippen LogP contribution in [-0.2, 0) is 12.8 Å². The topological polar surface area (TPSA) is 0 Å². The quantitative estimate of drug-likeness (QED) is 0.630. The summed E-state index contributed by atoms with van der Waals surface area (Å²) in [4.78, 5) is 0. The van der Waals surface area contributed by atoms with Crippen LogP contribution in [0.15, 0.2) is 16.6 Å². The van der Waals surface area contributed by atoms with Gasteiger partial charge in [-0.2, -0.15) is 0 Å². The van der Waals surface area contributed by atoms with Gasteiger partial charge in [-0.15, -0.1) is 0 Å². The first-order valence-corrected chi connectivity index (χ1v) is 6.11. The Morgan fingerprint density at radius 1 is 1.08 bits per heavy atom. The van der Waals surface area contributed by atoms with Crippen LogP contribution in [-0.4, -0.2) is 0 Å². The molecule has 0 aliphatic heterocycles. The van der Waals surface area contributed by atoms with Gasteiger partial charge in [-0.1, -0.05) is 0 Å². The van der Waals surface area contributed by atoms with E-state index in [1.807, 2.05) is 0 Å². The Morgan fingerprint density at radius 2 is 1.67 bits per heavy atom. The monoisotopic (exact) mass is 336 g/mol. The van der Waals surface area contributed by atoms with Crippen LogP contribution < -0.4 is 0 Å². The number of aryl methyl sites for hydroxylation is 2. The second kappa shape index (κ2) is 3.66. The summed E-state index contributed by atoms with van der Waals surface area (Å²) in [5.74, 6) is 0. The third-order valence-corrected chi connectivity index (χ3v) is 4.67. The van der Waals surface area contributed by atoms with Crippen molar-refractivity contribution in [2.24, 2.45) is 0 Å². The van der Waals surface area contributed by atoms with E-state index in [1.165, 1.54) is 33.7 Å². The van der Waals surface area contributed by atoms with Gasteiger partial charge in [-0.3, -0.25) is 0 Å². The lowest BCUT2D eigenvalue weighted by Crippen LogP contribution is -2.02. The Kier molecular flexibility index (Phi) is 2.75. The number of hydrogen-bond acceptors (Lipinski definition) is 0. The van der Waals surface area contributed by atoms with Gasteiger partial charge in [-0.25, -0.2) is 0 Å². The van der Waals surface area contributed by atoms with Crippen molar-refractivity contribution in [1.82, 2.24) is 0 Å². The van der Waals surface area contributed by atoms with Crippen LogP contribution >= 0.6 is 38.5 Å². The molecule has 0 amide bonds. The Bertz CT molecular complexity index is 276. The van der Waals surface area contributed by atoms with Crippen molar-refractivity contribution < 1.29 is 0 Å². The molecule has 2 heteroatoms. The predicted molar refractivity (Wildman–Crippen MR) is 63.5 cm³/mol. The van der Waals surface area contributed by atoms with Crippen molar-refractivity contribution in [2.75, 3.05) is 0 Å². The van der Waals surface area contributed by atoms with E-state index in [2.05, 4.69) is 50.7 Å². The van der Waals surface area contributed by atoms with Crippen LogP contribution in [0.4, 0.5) is 0 Å². The Balaban J connectivity index is 2.49. The number of hydrogen-bond donors (Lipinski definition) is 0. The van der Waals surface area contributed by atoms with Crippen molar-refractivity contribution >= 4 is 38.5 Å². The molecule has 0 heterocycles. The second-order valence-corrected chi connectivity index (χ2v) is 5.26. The average molecular weight is 337 g/mol. The maximum atomic E-state index is 3.57. The zero-order valence-electron chi connectivity index (χ0n) is 6.74. The predicted octanol–water partition coefficient (Wildman–Crippen LogP) is 3.93. The fourth-order valence-electron chi connectivity index (χ4n) is 1.73. The lowest BCUT2D eigenvalue weighted by molar-refractivity contribution is 0.684. The SMILES string of the molecule is Brc1cc2c(cc1I)CCCC2. The zero-order chi connectivity index (χ0) is 8.55. The Morgan fingerprint density at radius 3 is 2.33 bits per heavy atom. The largest absolute Gasteiger partial charge is 0.0497 e. The van der Waals surface area contributed by atoms with Crippen LogP contribution in [0.5, 0.6) is 0 Å². The van der Waals surface area contributed by atoms with Crippen LogP contribution in [0.2, 0.25) is 0 Å². The third kappa shape index (κ3) is 1.69. The molecule has 0 atom stereocenters. The van der Waals surface area contributed by atoms with Gasteiger partial charge < -0.3 is 0 Å². The van der Waals surface area contributed by atoms with Gasteiger partial charge in [0.1, 0.15) is 0 Å². The minimum Gasteiger partial charge on any atom is -0.0497 e. The van der Waals surface area contributed by atoms with Gasteiger partial charge in [-0.05, 0) is 87.5 Å². The summed E-state index contributed by atoms with van der Waals surface area (Å²) in [7, 11) is 0. The summed E-state index contributed by atoms with van der Waals surface area (Å²) in [6, 6.07) is 4.61. The Hall–Kier alpha value is 0.430. The third-order valence-electron chi connectivity index (χ3n) is 2.38. The summed E-state index contributed by atoms with van der Waals surface area (Å²) in [6.45, 7) is 0. The molecule has 0 N–H and O–H groups in total. The van der Waals surface area contributed by atoms with Gasteiger partial charge in [0.2, 0.25) is 0 Å². The standard InChI is InChI=1S/C10H10BrI/c11-9-5-7-3-1-2-4-8(7)6-10(9)12/h5-6H,1-4H2. The fourth-order valence-corrected chi connectivity index (χ4v) is 2.65. The Labute approximate surface area is 95.0 Å². The minimum absolute atomic E-state index is 1.25. The minimum atomic E-state index is 1.25. The molecular weight excluding hydrogens is 327 g/mol. The first-order valence-electron chi connectivity index (χ1n) is 4.24. The molecule has 64 valence electrons. The van der Waals surface area contributed by atoms with Gasteiger partial charge >= 0.3 is 0 Å². The molecule has 2 rings (SSSR count). The molecule has 0 aromatic heterocycles. The molecule has 12 heavy (non-hydrogen) atoms. The van der Waals surface area contributed by atoms with Crippen LogP contribution in [0, 0.1) is 3.57 Å². The molecule has 1 aromatic carbocycles. The first-order chi connectivity index (χ1) is 5.77. The van der Waals surface area contributed by atoms with Crippen molar-refractivity contribution in [2.45, 2.75) is 25.7 Å². The van der Waals surface area contributed by atoms with Crippen molar-refractivity contribution in [3.63, 3.8) is 0 Å². The summed E-state index contributed by atoms with van der Waals surface area (Å²) >= 11 is 5.95. The summed E-state index contributed by atoms with van der Waals surface area (Å²) in [5, 5.41) is 0. The van der Waals surface area contributed by atoms with Gasteiger partial charge in [0.15, 0.2) is 0 Å². The molecule has 1 aliphatic carbocycles. The summed E-state index contributed by atoms with van der Waals surface area (Å²) in [6.07, 6.45) is 5.27. The molecule has 0 saturated heterocycles. The number of rotatable bonds is 0. The molecule has 0 nitrogen and oxygen atoms in total. The van der Waals surface area contributed by atoms with E-state index in [9.17, 15) is 0 Å². The smallest absolute Gasteiger partial charge is 0.0311 e. The molecule has 0 spiro atoms. The fraction of sp³-hybridized carbons (Fsp3) is 0.400. The van der Waals surface area contributed by atoms with Crippen LogP contribution in [0.3, 0.4) is 0 Å². The van der Waals surface area contributed by atoms with Gasteiger partial charge in [0.25, 0.3) is 0 Å².